The Labute approximate surface area is 183 Å². The first-order valence-electron chi connectivity index (χ1n) is 9.35. The molecule has 0 aliphatic carbocycles. The maximum atomic E-state index is 13.1. The molecule has 0 fully saturated rings. The summed E-state index contributed by atoms with van der Waals surface area (Å²) < 4.78 is 66.0. The van der Waals surface area contributed by atoms with Gasteiger partial charge in [-0.3, -0.25) is 4.79 Å². The average molecular weight is 479 g/mol. The minimum atomic E-state index is -4.66. The van der Waals surface area contributed by atoms with Gasteiger partial charge in [0.25, 0.3) is 5.91 Å². The molecular formula is C20H22ClF3N2O4S. The summed E-state index contributed by atoms with van der Waals surface area (Å²) in [6.45, 7) is 3.22. The first kappa shape index (κ1) is 25.1. The first-order chi connectivity index (χ1) is 14.4. The number of nitrogens with one attached hydrogen (secondary N) is 1. The number of aliphatic hydroxyl groups excluding tert-OH is 1. The predicted octanol–water partition coefficient (Wildman–Crippen LogP) is 3.85. The van der Waals surface area contributed by atoms with Crippen LogP contribution in [0.2, 0.25) is 5.02 Å². The van der Waals surface area contributed by atoms with E-state index in [0.717, 1.165) is 18.2 Å². The summed E-state index contributed by atoms with van der Waals surface area (Å²) >= 11 is 6.03. The van der Waals surface area contributed by atoms with E-state index in [1.807, 2.05) is 0 Å². The molecule has 0 aromatic heterocycles. The average Bonchev–Trinajstić information content (AvgIpc) is 2.72. The van der Waals surface area contributed by atoms with Crippen molar-refractivity contribution in [3.05, 3.63) is 64.2 Å². The lowest BCUT2D eigenvalue weighted by molar-refractivity contribution is -0.139. The molecule has 0 aliphatic heterocycles. The van der Waals surface area contributed by atoms with Crippen LogP contribution in [0.4, 0.5) is 13.2 Å². The molecule has 0 saturated heterocycles. The molecule has 11 heteroatoms. The summed E-state index contributed by atoms with van der Waals surface area (Å²) in [5.74, 6) is -0.767. The molecular weight excluding hydrogens is 457 g/mol. The highest BCUT2D eigenvalue weighted by Crippen LogP contribution is 2.34. The van der Waals surface area contributed by atoms with Gasteiger partial charge in [0.15, 0.2) is 0 Å². The van der Waals surface area contributed by atoms with Crippen molar-refractivity contribution in [1.82, 2.24) is 9.62 Å². The second kappa shape index (κ2) is 9.99. The minimum Gasteiger partial charge on any atom is -0.387 e. The van der Waals surface area contributed by atoms with Gasteiger partial charge in [-0.05, 0) is 29.8 Å². The highest BCUT2D eigenvalue weighted by atomic mass is 35.5. The second-order valence-corrected chi connectivity index (χ2v) is 8.86. The van der Waals surface area contributed by atoms with Crippen LogP contribution in [0.5, 0.6) is 0 Å². The van der Waals surface area contributed by atoms with Crippen molar-refractivity contribution >= 4 is 27.5 Å². The van der Waals surface area contributed by atoms with E-state index in [0.29, 0.717) is 0 Å². The Kier molecular flexibility index (Phi) is 8.09. The molecule has 0 bridgehead atoms. The van der Waals surface area contributed by atoms with Gasteiger partial charge in [-0.1, -0.05) is 43.6 Å². The van der Waals surface area contributed by atoms with Gasteiger partial charge in [-0.2, -0.15) is 17.5 Å². The van der Waals surface area contributed by atoms with Gasteiger partial charge in [0.05, 0.1) is 16.7 Å². The number of halogens is 4. The first-order valence-corrected chi connectivity index (χ1v) is 11.2. The lowest BCUT2D eigenvalue weighted by atomic mass is 10.0. The fourth-order valence-corrected chi connectivity index (χ4v) is 4.95. The van der Waals surface area contributed by atoms with Gasteiger partial charge in [-0.15, -0.1) is 0 Å². The van der Waals surface area contributed by atoms with Crippen LogP contribution >= 0.6 is 11.6 Å². The fraction of sp³-hybridized carbons (Fsp3) is 0.350. The Bertz CT molecular complexity index is 1040. The molecule has 2 rings (SSSR count). The Morgan fingerprint density at radius 2 is 1.77 bits per heavy atom. The number of carbonyl (C=O) groups is 1. The largest absolute Gasteiger partial charge is 0.416 e. The third kappa shape index (κ3) is 5.76. The molecule has 6 nitrogen and oxygen atoms in total. The molecule has 0 saturated carbocycles. The normalized spacial score (nSPS) is 13.3. The number of sulfonamides is 1. The van der Waals surface area contributed by atoms with E-state index in [-0.39, 0.29) is 34.1 Å². The van der Waals surface area contributed by atoms with Crippen LogP contribution in [0.3, 0.4) is 0 Å². The molecule has 0 aliphatic rings. The van der Waals surface area contributed by atoms with Gasteiger partial charge < -0.3 is 10.4 Å². The summed E-state index contributed by atoms with van der Waals surface area (Å²) in [4.78, 5) is 12.2. The van der Waals surface area contributed by atoms with E-state index in [4.69, 9.17) is 11.6 Å². The van der Waals surface area contributed by atoms with Crippen molar-refractivity contribution in [3.8, 4) is 0 Å². The number of nitrogens with zero attached hydrogens (tertiary/aromatic N) is 1. The number of hydrogen-bond acceptors (Lipinski definition) is 4. The predicted molar refractivity (Wildman–Crippen MR) is 110 cm³/mol. The molecule has 0 radical (unpaired) electrons. The Morgan fingerprint density at radius 3 is 2.35 bits per heavy atom. The van der Waals surface area contributed by atoms with E-state index in [2.05, 4.69) is 5.32 Å². The van der Waals surface area contributed by atoms with Gasteiger partial charge in [0.2, 0.25) is 10.0 Å². The van der Waals surface area contributed by atoms with Crippen molar-refractivity contribution < 1.29 is 31.5 Å². The number of hydrogen-bond donors (Lipinski definition) is 2. The van der Waals surface area contributed by atoms with E-state index in [1.54, 1.807) is 13.8 Å². The van der Waals surface area contributed by atoms with Crippen molar-refractivity contribution in [2.24, 2.45) is 0 Å². The number of alkyl halides is 3. The molecule has 2 N–H and O–H groups in total. The number of amides is 1. The van der Waals surface area contributed by atoms with Crippen LogP contribution in [-0.4, -0.2) is 43.4 Å². The molecule has 1 unspecified atom stereocenters. The third-order valence-electron chi connectivity index (χ3n) is 4.60. The second-order valence-electron chi connectivity index (χ2n) is 6.55. The Hall–Kier alpha value is -2.14. The van der Waals surface area contributed by atoms with Crippen LogP contribution in [0.1, 0.15) is 41.4 Å². The van der Waals surface area contributed by atoms with Crippen LogP contribution in [0.25, 0.3) is 0 Å². The van der Waals surface area contributed by atoms with Gasteiger partial charge in [0.1, 0.15) is 4.90 Å². The maximum absolute atomic E-state index is 13.1. The summed E-state index contributed by atoms with van der Waals surface area (Å²) in [5.41, 5.74) is -1.45. The molecule has 1 amide bonds. The van der Waals surface area contributed by atoms with E-state index >= 15 is 0 Å². The SMILES string of the molecule is CCN(CC)S(=O)(=O)c1cc(C(=O)NCC(O)c2ccccc2C(F)(F)F)ccc1Cl. The van der Waals surface area contributed by atoms with Crippen molar-refractivity contribution in [2.45, 2.75) is 31.0 Å². The summed E-state index contributed by atoms with van der Waals surface area (Å²) in [5, 5.41) is 12.4. The van der Waals surface area contributed by atoms with Gasteiger partial charge in [-0.25, -0.2) is 8.42 Å². The molecule has 2 aromatic carbocycles. The zero-order chi connectivity index (χ0) is 23.4. The standard InChI is InChI=1S/C20H22ClF3N2O4S/c1-3-26(4-2)31(29,30)18-11-13(9-10-16(18)21)19(28)25-12-17(27)14-7-5-6-8-15(14)20(22,23)24/h5-11,17,27H,3-4,12H2,1-2H3,(H,25,28). The van der Waals surface area contributed by atoms with Crippen LogP contribution in [0, 0.1) is 0 Å². The lowest BCUT2D eigenvalue weighted by Crippen LogP contribution is -2.32. The molecule has 1 atom stereocenters. The molecule has 0 heterocycles. The van der Waals surface area contributed by atoms with Crippen LogP contribution in [-0.2, 0) is 16.2 Å². The third-order valence-corrected chi connectivity index (χ3v) is 7.13. The number of aliphatic hydroxyl groups is 1. The quantitative estimate of drug-likeness (QED) is 0.603. The summed E-state index contributed by atoms with van der Waals surface area (Å²) in [7, 11) is -3.94. The Balaban J connectivity index is 2.23. The molecule has 31 heavy (non-hydrogen) atoms. The smallest absolute Gasteiger partial charge is 0.387 e. The summed E-state index contributed by atoms with van der Waals surface area (Å²) in [6.07, 6.45) is -6.28. The van der Waals surface area contributed by atoms with Crippen molar-refractivity contribution in [1.29, 1.82) is 0 Å². The number of rotatable bonds is 8. The van der Waals surface area contributed by atoms with Crippen molar-refractivity contribution in [2.75, 3.05) is 19.6 Å². The fourth-order valence-electron chi connectivity index (χ4n) is 2.99. The minimum absolute atomic E-state index is 0.0635. The van der Waals surface area contributed by atoms with Crippen molar-refractivity contribution in [3.63, 3.8) is 0 Å². The number of carbonyl (C=O) groups excluding carboxylic acids is 1. The van der Waals surface area contributed by atoms with Crippen LogP contribution < -0.4 is 5.32 Å². The maximum Gasteiger partial charge on any atom is 0.416 e. The van der Waals surface area contributed by atoms with E-state index in [1.165, 1.54) is 28.6 Å². The highest BCUT2D eigenvalue weighted by Gasteiger charge is 2.34. The zero-order valence-corrected chi connectivity index (χ0v) is 18.4. The van der Waals surface area contributed by atoms with E-state index in [9.17, 15) is 31.5 Å². The molecule has 0 spiro atoms. The van der Waals surface area contributed by atoms with Gasteiger partial charge >= 0.3 is 6.18 Å². The zero-order valence-electron chi connectivity index (χ0n) is 16.8. The monoisotopic (exact) mass is 478 g/mol. The number of benzene rings is 2. The highest BCUT2D eigenvalue weighted by molar-refractivity contribution is 7.89. The summed E-state index contributed by atoms with van der Waals surface area (Å²) in [6, 6.07) is 8.14. The topological polar surface area (TPSA) is 86.7 Å². The lowest BCUT2D eigenvalue weighted by Gasteiger charge is -2.20. The van der Waals surface area contributed by atoms with Crippen LogP contribution in [0.15, 0.2) is 47.4 Å². The van der Waals surface area contributed by atoms with Gasteiger partial charge in [0, 0.05) is 25.2 Å². The molecule has 170 valence electrons. The van der Waals surface area contributed by atoms with E-state index < -0.39 is 40.3 Å². The Morgan fingerprint density at radius 1 is 1.16 bits per heavy atom. The molecule has 2 aromatic rings.